The zero-order valence-electron chi connectivity index (χ0n) is 19.8. The van der Waals surface area contributed by atoms with Gasteiger partial charge in [-0.3, -0.25) is 4.79 Å². The molecule has 0 unspecified atom stereocenters. The Morgan fingerprint density at radius 2 is 1.75 bits per heavy atom. The summed E-state index contributed by atoms with van der Waals surface area (Å²) in [5.74, 6) is -1.16. The number of hydrogen-bond donors (Lipinski definition) is 4. The Hall–Kier alpha value is -2.62. The standard InChI is InChI=1S/C26H29ClN2O5S.ClH/c1-2-4-19-14-22(15-23(25(19)31)26(28)32)35(33,34)21-9-7-17(8-10-21)11-12-29-16-24(30)18-5-3-6-20(27)13-18;/h3,5-10,13-15,24,29-31H,2,4,11-12,16H2,1H3,(H2,28,32);1H/t24-;/m0./s1. The second-order valence-corrected chi connectivity index (χ2v) is 10.7. The van der Waals surface area contributed by atoms with E-state index in [0.29, 0.717) is 42.9 Å². The molecule has 194 valence electrons. The highest BCUT2D eigenvalue weighted by Gasteiger charge is 2.23. The SMILES string of the molecule is CCCc1cc(S(=O)(=O)c2ccc(CCNC[C@H](O)c3cccc(Cl)c3)cc2)cc(C(N)=O)c1O.Cl. The number of aromatic hydroxyl groups is 1. The van der Waals surface area contributed by atoms with Crippen molar-refractivity contribution in [1.82, 2.24) is 5.32 Å². The number of nitrogens with one attached hydrogen (secondary N) is 1. The summed E-state index contributed by atoms with van der Waals surface area (Å²) in [5, 5.41) is 24.3. The number of sulfone groups is 1. The quantitative estimate of drug-likeness (QED) is 0.263. The number of nitrogens with two attached hydrogens (primary N) is 1. The molecule has 0 saturated carbocycles. The average Bonchev–Trinajstić information content (AvgIpc) is 2.83. The molecule has 0 heterocycles. The molecular weight excluding hydrogens is 523 g/mol. The summed E-state index contributed by atoms with van der Waals surface area (Å²) in [6.07, 6.45) is 1.02. The number of primary amides is 1. The lowest BCUT2D eigenvalue weighted by atomic mass is 10.0. The number of aliphatic hydroxyl groups excluding tert-OH is 1. The van der Waals surface area contributed by atoms with Crippen LogP contribution >= 0.6 is 24.0 Å². The number of halogens is 2. The smallest absolute Gasteiger partial charge is 0.252 e. The fourth-order valence-corrected chi connectivity index (χ4v) is 5.28. The van der Waals surface area contributed by atoms with E-state index in [2.05, 4.69) is 5.32 Å². The Labute approximate surface area is 222 Å². The first-order valence-corrected chi connectivity index (χ1v) is 13.1. The van der Waals surface area contributed by atoms with E-state index in [-0.39, 0.29) is 33.5 Å². The van der Waals surface area contributed by atoms with Gasteiger partial charge in [0.05, 0.1) is 21.5 Å². The third kappa shape index (κ3) is 7.21. The molecule has 0 aliphatic rings. The van der Waals surface area contributed by atoms with Gasteiger partial charge in [-0.05, 0) is 72.5 Å². The van der Waals surface area contributed by atoms with Crippen LogP contribution in [0.25, 0.3) is 0 Å². The average molecular weight is 554 g/mol. The van der Waals surface area contributed by atoms with Crippen LogP contribution in [0, 0.1) is 0 Å². The zero-order chi connectivity index (χ0) is 25.6. The maximum Gasteiger partial charge on any atom is 0.252 e. The van der Waals surface area contributed by atoms with Crippen LogP contribution in [0.3, 0.4) is 0 Å². The van der Waals surface area contributed by atoms with Gasteiger partial charge in [0, 0.05) is 11.6 Å². The van der Waals surface area contributed by atoms with Crippen LogP contribution in [0.5, 0.6) is 5.75 Å². The van der Waals surface area contributed by atoms with Crippen molar-refractivity contribution >= 4 is 39.8 Å². The first-order chi connectivity index (χ1) is 16.6. The van der Waals surface area contributed by atoms with Crippen molar-refractivity contribution < 1.29 is 23.4 Å². The fraction of sp³-hybridized carbons (Fsp3) is 0.269. The first kappa shape index (κ1) is 29.6. The number of carbonyl (C=O) groups is 1. The molecule has 36 heavy (non-hydrogen) atoms. The van der Waals surface area contributed by atoms with Crippen LogP contribution in [0.1, 0.15) is 46.5 Å². The van der Waals surface area contributed by atoms with Crippen molar-refractivity contribution in [1.29, 1.82) is 0 Å². The maximum atomic E-state index is 13.2. The topological polar surface area (TPSA) is 130 Å². The summed E-state index contributed by atoms with van der Waals surface area (Å²) in [6, 6.07) is 16.1. The van der Waals surface area contributed by atoms with Crippen molar-refractivity contribution in [3.63, 3.8) is 0 Å². The highest BCUT2D eigenvalue weighted by molar-refractivity contribution is 7.91. The summed E-state index contributed by atoms with van der Waals surface area (Å²) in [4.78, 5) is 11.7. The van der Waals surface area contributed by atoms with Gasteiger partial charge in [-0.25, -0.2) is 8.42 Å². The van der Waals surface area contributed by atoms with Crippen LogP contribution in [-0.4, -0.2) is 37.6 Å². The minimum Gasteiger partial charge on any atom is -0.507 e. The Bertz CT molecular complexity index is 1300. The van der Waals surface area contributed by atoms with Crippen molar-refractivity contribution in [3.8, 4) is 5.75 Å². The number of phenols is 1. The van der Waals surface area contributed by atoms with E-state index < -0.39 is 21.8 Å². The number of benzene rings is 3. The predicted molar refractivity (Wildman–Crippen MR) is 143 cm³/mol. The molecule has 10 heteroatoms. The van der Waals surface area contributed by atoms with Crippen molar-refractivity contribution in [2.24, 2.45) is 5.73 Å². The minimum absolute atomic E-state index is 0. The molecule has 7 nitrogen and oxygen atoms in total. The van der Waals surface area contributed by atoms with Gasteiger partial charge in [-0.1, -0.05) is 49.2 Å². The van der Waals surface area contributed by atoms with E-state index in [1.54, 1.807) is 30.3 Å². The van der Waals surface area contributed by atoms with Gasteiger partial charge in [0.15, 0.2) is 0 Å². The monoisotopic (exact) mass is 552 g/mol. The molecule has 0 aromatic heterocycles. The minimum atomic E-state index is -3.92. The second kappa shape index (κ2) is 13.1. The number of hydrogen-bond acceptors (Lipinski definition) is 6. The Morgan fingerprint density at radius 1 is 1.06 bits per heavy atom. The van der Waals surface area contributed by atoms with Crippen molar-refractivity contribution in [2.45, 2.75) is 42.1 Å². The molecule has 0 aliphatic heterocycles. The molecule has 1 amide bonds. The van der Waals surface area contributed by atoms with E-state index in [1.165, 1.54) is 18.2 Å². The largest absolute Gasteiger partial charge is 0.507 e. The van der Waals surface area contributed by atoms with Gasteiger partial charge in [0.25, 0.3) is 5.91 Å². The Kier molecular flexibility index (Phi) is 10.8. The van der Waals surface area contributed by atoms with E-state index >= 15 is 0 Å². The van der Waals surface area contributed by atoms with Crippen molar-refractivity contribution in [2.75, 3.05) is 13.1 Å². The summed E-state index contributed by atoms with van der Waals surface area (Å²) in [6.45, 7) is 2.83. The Balaban J connectivity index is 0.00000456. The van der Waals surface area contributed by atoms with Gasteiger partial charge < -0.3 is 21.3 Å². The van der Waals surface area contributed by atoms with Crippen molar-refractivity contribution in [3.05, 3.63) is 87.9 Å². The van der Waals surface area contributed by atoms with Gasteiger partial charge >= 0.3 is 0 Å². The van der Waals surface area contributed by atoms with Crippen LogP contribution in [0.2, 0.25) is 5.02 Å². The summed E-state index contributed by atoms with van der Waals surface area (Å²) < 4.78 is 26.4. The molecule has 3 aromatic carbocycles. The van der Waals surface area contributed by atoms with Gasteiger partial charge in [-0.2, -0.15) is 0 Å². The van der Waals surface area contributed by atoms with Crippen LogP contribution in [0.4, 0.5) is 0 Å². The lowest BCUT2D eigenvalue weighted by Gasteiger charge is -2.13. The summed E-state index contributed by atoms with van der Waals surface area (Å²) >= 11 is 5.96. The van der Waals surface area contributed by atoms with E-state index in [9.17, 15) is 23.4 Å². The first-order valence-electron chi connectivity index (χ1n) is 11.3. The molecule has 0 bridgehead atoms. The maximum absolute atomic E-state index is 13.2. The van der Waals surface area contributed by atoms with Gasteiger partial charge in [-0.15, -0.1) is 12.4 Å². The lowest BCUT2D eigenvalue weighted by molar-refractivity contribution is 0.0997. The van der Waals surface area contributed by atoms with Gasteiger partial charge in [0.1, 0.15) is 5.75 Å². The lowest BCUT2D eigenvalue weighted by Crippen LogP contribution is -2.23. The fourth-order valence-electron chi connectivity index (χ4n) is 3.74. The normalized spacial score (nSPS) is 12.1. The number of rotatable bonds is 11. The molecule has 0 spiro atoms. The summed E-state index contributed by atoms with van der Waals surface area (Å²) in [5.41, 5.74) is 7.15. The highest BCUT2D eigenvalue weighted by atomic mass is 35.5. The van der Waals surface area contributed by atoms with Crippen LogP contribution in [-0.2, 0) is 22.7 Å². The third-order valence-corrected chi connectivity index (χ3v) is 7.64. The summed E-state index contributed by atoms with van der Waals surface area (Å²) in [7, 11) is -3.92. The van der Waals surface area contributed by atoms with Crippen LogP contribution in [0.15, 0.2) is 70.5 Å². The second-order valence-electron chi connectivity index (χ2n) is 8.27. The van der Waals surface area contributed by atoms with E-state index in [4.69, 9.17) is 17.3 Å². The molecule has 0 saturated heterocycles. The molecule has 5 N–H and O–H groups in total. The number of aryl methyl sites for hydroxylation is 1. The molecule has 0 aliphatic carbocycles. The predicted octanol–water partition coefficient (Wildman–Crippen LogP) is 4.22. The number of carbonyl (C=O) groups excluding carboxylic acids is 1. The molecule has 0 fully saturated rings. The highest BCUT2D eigenvalue weighted by Crippen LogP contribution is 2.31. The number of amides is 1. The molecule has 3 rings (SSSR count). The molecular formula is C26H30Cl2N2O5S. The molecule has 0 radical (unpaired) electrons. The number of aliphatic hydroxyl groups is 1. The molecule has 1 atom stereocenters. The molecule has 3 aromatic rings. The zero-order valence-corrected chi connectivity index (χ0v) is 22.2. The van der Waals surface area contributed by atoms with Gasteiger partial charge in [0.2, 0.25) is 9.84 Å². The third-order valence-electron chi connectivity index (χ3n) is 5.65. The van der Waals surface area contributed by atoms with E-state index in [1.807, 2.05) is 13.0 Å². The van der Waals surface area contributed by atoms with E-state index in [0.717, 1.165) is 17.2 Å². The van der Waals surface area contributed by atoms with Crippen LogP contribution < -0.4 is 11.1 Å². The Morgan fingerprint density at radius 3 is 2.36 bits per heavy atom.